The van der Waals surface area contributed by atoms with Crippen LogP contribution in [-0.2, 0) is 14.4 Å². The van der Waals surface area contributed by atoms with Crippen LogP contribution in [0, 0.1) is 30.6 Å². The fourth-order valence-electron chi connectivity index (χ4n) is 5.23. The molecule has 1 heterocycles. The number of amides is 3. The minimum atomic E-state index is -0.343. The second-order valence-electron chi connectivity index (χ2n) is 8.58. The van der Waals surface area contributed by atoms with Gasteiger partial charge in [0.2, 0.25) is 17.7 Å². The molecule has 5 atom stereocenters. The quantitative estimate of drug-likeness (QED) is 0.620. The van der Waals surface area contributed by atoms with Crippen molar-refractivity contribution in [3.05, 3.63) is 83.4 Å². The van der Waals surface area contributed by atoms with Crippen molar-refractivity contribution in [3.8, 4) is 0 Å². The molecule has 1 N–H and O–H groups in total. The van der Waals surface area contributed by atoms with Gasteiger partial charge in [-0.1, -0.05) is 72.3 Å². The Morgan fingerprint density at radius 3 is 2.10 bits per heavy atom. The molecule has 5 nitrogen and oxygen atoms in total. The smallest absolute Gasteiger partial charge is 0.240 e. The lowest BCUT2D eigenvalue weighted by Gasteiger charge is -2.22. The first kappa shape index (κ1) is 18.8. The Hall–Kier alpha value is -3.21. The molecular weight excluding hydrogens is 376 g/mol. The van der Waals surface area contributed by atoms with Gasteiger partial charge in [-0.15, -0.1) is 0 Å². The van der Waals surface area contributed by atoms with E-state index in [0.717, 1.165) is 23.1 Å². The summed E-state index contributed by atoms with van der Waals surface area (Å²) in [6, 6.07) is 17.4. The van der Waals surface area contributed by atoms with Gasteiger partial charge in [0, 0.05) is 0 Å². The van der Waals surface area contributed by atoms with Crippen molar-refractivity contribution in [2.75, 3.05) is 6.54 Å². The fourth-order valence-corrected chi connectivity index (χ4v) is 5.23. The molecule has 2 fully saturated rings. The number of hydrogen-bond acceptors (Lipinski definition) is 3. The molecule has 2 aromatic rings. The van der Waals surface area contributed by atoms with E-state index in [9.17, 15) is 14.4 Å². The first-order valence-electron chi connectivity index (χ1n) is 10.5. The number of benzene rings is 2. The van der Waals surface area contributed by atoms with E-state index in [4.69, 9.17) is 0 Å². The fraction of sp³-hybridized carbons (Fsp3) is 0.320. The molecule has 5 heteroatoms. The number of fused-ring (bicyclic) bond motifs is 5. The van der Waals surface area contributed by atoms with Crippen molar-refractivity contribution in [2.24, 2.45) is 23.7 Å². The summed E-state index contributed by atoms with van der Waals surface area (Å²) in [5.41, 5.74) is 3.05. The first-order chi connectivity index (χ1) is 14.5. The average Bonchev–Trinajstić information content (AvgIpc) is 3.44. The third-order valence-electron chi connectivity index (χ3n) is 6.71. The summed E-state index contributed by atoms with van der Waals surface area (Å²) in [5, 5.41) is 3.04. The zero-order valence-electron chi connectivity index (χ0n) is 16.8. The number of carbonyl (C=O) groups excluding carboxylic acids is 3. The molecule has 2 aliphatic carbocycles. The average molecular weight is 400 g/mol. The van der Waals surface area contributed by atoms with Gasteiger partial charge >= 0.3 is 0 Å². The zero-order valence-corrected chi connectivity index (χ0v) is 16.8. The van der Waals surface area contributed by atoms with E-state index in [2.05, 4.69) is 17.5 Å². The third kappa shape index (κ3) is 3.05. The molecule has 2 bridgehead atoms. The van der Waals surface area contributed by atoms with Gasteiger partial charge in [0.1, 0.15) is 6.54 Å². The number of hydrogen-bond donors (Lipinski definition) is 1. The van der Waals surface area contributed by atoms with Crippen LogP contribution in [0.3, 0.4) is 0 Å². The van der Waals surface area contributed by atoms with Crippen LogP contribution >= 0.6 is 0 Å². The molecule has 0 spiro atoms. The SMILES string of the molecule is Cc1ccc(C(NC(=O)CN2C(=O)C3C4C=CC(C4)C3C2=O)c2ccccc2)cc1. The molecule has 1 aliphatic heterocycles. The normalized spacial score (nSPS) is 27.4. The Morgan fingerprint density at radius 2 is 1.50 bits per heavy atom. The molecule has 3 amide bonds. The van der Waals surface area contributed by atoms with Gasteiger partial charge in [0.05, 0.1) is 17.9 Å². The van der Waals surface area contributed by atoms with E-state index in [0.29, 0.717) is 0 Å². The maximum atomic E-state index is 12.9. The third-order valence-corrected chi connectivity index (χ3v) is 6.71. The molecule has 5 rings (SSSR count). The molecule has 1 saturated heterocycles. The molecule has 1 saturated carbocycles. The molecule has 5 unspecified atom stereocenters. The second-order valence-corrected chi connectivity index (χ2v) is 8.58. The Bertz CT molecular complexity index is 998. The number of carbonyl (C=O) groups is 3. The topological polar surface area (TPSA) is 66.5 Å². The minimum Gasteiger partial charge on any atom is -0.344 e. The molecule has 3 aliphatic rings. The van der Waals surface area contributed by atoms with Crippen molar-refractivity contribution < 1.29 is 14.4 Å². The Labute approximate surface area is 175 Å². The number of aryl methyl sites for hydroxylation is 1. The number of likely N-dealkylation sites (tertiary alicyclic amines) is 1. The monoisotopic (exact) mass is 400 g/mol. The molecule has 30 heavy (non-hydrogen) atoms. The van der Waals surface area contributed by atoms with Crippen LogP contribution < -0.4 is 5.32 Å². The molecular formula is C25H24N2O3. The maximum Gasteiger partial charge on any atom is 0.240 e. The summed E-state index contributed by atoms with van der Waals surface area (Å²) in [4.78, 5) is 39.9. The predicted octanol–water partition coefficient (Wildman–Crippen LogP) is 3.01. The summed E-state index contributed by atoms with van der Waals surface area (Å²) in [5.74, 6) is -0.966. The highest BCUT2D eigenvalue weighted by Gasteiger charge is 2.59. The lowest BCUT2D eigenvalue weighted by atomic mass is 9.85. The number of imide groups is 1. The van der Waals surface area contributed by atoms with E-state index in [1.165, 1.54) is 4.90 Å². The first-order valence-corrected chi connectivity index (χ1v) is 10.5. The van der Waals surface area contributed by atoms with Gasteiger partial charge in [0.15, 0.2) is 0 Å². The highest BCUT2D eigenvalue weighted by atomic mass is 16.2. The lowest BCUT2D eigenvalue weighted by molar-refractivity contribution is -0.144. The summed E-state index contributed by atoms with van der Waals surface area (Å²) in [7, 11) is 0. The second kappa shape index (κ2) is 7.24. The number of allylic oxidation sites excluding steroid dienone is 2. The van der Waals surface area contributed by atoms with Crippen molar-refractivity contribution in [2.45, 2.75) is 19.4 Å². The van der Waals surface area contributed by atoms with E-state index >= 15 is 0 Å². The number of nitrogens with one attached hydrogen (secondary N) is 1. The van der Waals surface area contributed by atoms with Crippen LogP contribution in [0.4, 0.5) is 0 Å². The van der Waals surface area contributed by atoms with Crippen LogP contribution in [0.1, 0.15) is 29.2 Å². The van der Waals surface area contributed by atoms with E-state index in [1.807, 2.05) is 61.5 Å². The van der Waals surface area contributed by atoms with Gasteiger partial charge in [0.25, 0.3) is 0 Å². The highest BCUT2D eigenvalue weighted by Crippen LogP contribution is 2.52. The lowest BCUT2D eigenvalue weighted by Crippen LogP contribution is -2.43. The highest BCUT2D eigenvalue weighted by molar-refractivity contribution is 6.08. The molecule has 2 aromatic carbocycles. The maximum absolute atomic E-state index is 12.9. The summed E-state index contributed by atoms with van der Waals surface area (Å²) in [6.45, 7) is 1.79. The molecule has 0 aromatic heterocycles. The van der Waals surface area contributed by atoms with Crippen molar-refractivity contribution in [1.82, 2.24) is 10.2 Å². The molecule has 152 valence electrons. The van der Waals surface area contributed by atoms with Crippen LogP contribution in [0.2, 0.25) is 0 Å². The Balaban J connectivity index is 1.35. The van der Waals surface area contributed by atoms with Gasteiger partial charge in [-0.25, -0.2) is 0 Å². The van der Waals surface area contributed by atoms with Crippen LogP contribution in [0.25, 0.3) is 0 Å². The van der Waals surface area contributed by atoms with Crippen molar-refractivity contribution >= 4 is 17.7 Å². The van der Waals surface area contributed by atoms with Gasteiger partial charge in [-0.05, 0) is 36.3 Å². The minimum absolute atomic E-state index is 0.147. The van der Waals surface area contributed by atoms with Gasteiger partial charge < -0.3 is 5.32 Å². The van der Waals surface area contributed by atoms with Crippen LogP contribution in [0.15, 0.2) is 66.7 Å². The van der Waals surface area contributed by atoms with Gasteiger partial charge in [-0.3, -0.25) is 19.3 Å². The van der Waals surface area contributed by atoms with Crippen LogP contribution in [-0.4, -0.2) is 29.2 Å². The number of rotatable bonds is 5. The summed E-state index contributed by atoms with van der Waals surface area (Å²) < 4.78 is 0. The van der Waals surface area contributed by atoms with Crippen LogP contribution in [0.5, 0.6) is 0 Å². The van der Waals surface area contributed by atoms with Crippen molar-refractivity contribution in [1.29, 1.82) is 0 Å². The van der Waals surface area contributed by atoms with E-state index in [-0.39, 0.29) is 54.0 Å². The predicted molar refractivity (Wildman–Crippen MR) is 112 cm³/mol. The molecule has 0 radical (unpaired) electrons. The Kier molecular flexibility index (Phi) is 4.54. The van der Waals surface area contributed by atoms with Gasteiger partial charge in [-0.2, -0.15) is 0 Å². The summed E-state index contributed by atoms with van der Waals surface area (Å²) in [6.07, 6.45) is 5.00. The van der Waals surface area contributed by atoms with Crippen molar-refractivity contribution in [3.63, 3.8) is 0 Å². The largest absolute Gasteiger partial charge is 0.344 e. The van der Waals surface area contributed by atoms with E-state index in [1.54, 1.807) is 0 Å². The summed E-state index contributed by atoms with van der Waals surface area (Å²) >= 11 is 0. The standard InChI is InChI=1S/C25H24N2O3/c1-15-7-9-17(10-8-15)23(16-5-3-2-4-6-16)26-20(28)14-27-24(29)21-18-11-12-19(13-18)22(21)25(27)30/h2-12,18-19,21-23H,13-14H2,1H3,(H,26,28). The Morgan fingerprint density at radius 1 is 0.933 bits per heavy atom. The zero-order chi connectivity index (χ0) is 20.8. The van der Waals surface area contributed by atoms with E-state index < -0.39 is 0 Å². The number of nitrogens with zero attached hydrogens (tertiary/aromatic N) is 1.